The van der Waals surface area contributed by atoms with E-state index in [0.717, 1.165) is 0 Å². The zero-order chi connectivity index (χ0) is 23.8. The second-order valence-electron chi connectivity index (χ2n) is 7.43. The molecule has 0 spiro atoms. The summed E-state index contributed by atoms with van der Waals surface area (Å²) in [6, 6.07) is 12.9. The Morgan fingerprint density at radius 2 is 1.85 bits per heavy atom. The molecule has 0 atom stereocenters. The van der Waals surface area contributed by atoms with Crippen LogP contribution in [0.1, 0.15) is 30.0 Å². The maximum absolute atomic E-state index is 12.9. The zero-order valence-corrected chi connectivity index (χ0v) is 19.4. The number of hydrogen-bond acceptors (Lipinski definition) is 8. The monoisotopic (exact) mass is 486 g/mol. The number of hydrogen-bond donors (Lipinski definition) is 1. The molecule has 2 heterocycles. The van der Waals surface area contributed by atoms with Gasteiger partial charge in [-0.1, -0.05) is 46.1 Å². The van der Waals surface area contributed by atoms with Crippen molar-refractivity contribution < 1.29 is 22.2 Å². The molecule has 4 rings (SSSR count). The lowest BCUT2D eigenvalue weighted by atomic mass is 10.1. The van der Waals surface area contributed by atoms with Crippen LogP contribution in [0.4, 0.5) is 6.01 Å². The summed E-state index contributed by atoms with van der Waals surface area (Å²) in [5.74, 6) is -0.233. The molecule has 4 aromatic rings. The van der Waals surface area contributed by atoms with Gasteiger partial charge in [-0.05, 0) is 45.0 Å². The lowest BCUT2D eigenvalue weighted by Gasteiger charge is -2.08. The topological polar surface area (TPSA) is 128 Å². The Morgan fingerprint density at radius 1 is 1.09 bits per heavy atom. The zero-order valence-electron chi connectivity index (χ0n) is 17.9. The molecule has 0 bridgehead atoms. The van der Waals surface area contributed by atoms with Crippen LogP contribution in [0.15, 0.2) is 62.4 Å². The number of benzene rings is 2. The van der Waals surface area contributed by atoms with Gasteiger partial charge in [-0.25, -0.2) is 8.42 Å². The van der Waals surface area contributed by atoms with Crippen molar-refractivity contribution in [2.45, 2.75) is 30.9 Å². The van der Waals surface area contributed by atoms with Crippen molar-refractivity contribution in [3.05, 3.63) is 64.9 Å². The minimum absolute atomic E-state index is 0.0551. The Balaban J connectivity index is 1.61. The van der Waals surface area contributed by atoms with Gasteiger partial charge in [0, 0.05) is 11.1 Å². The molecule has 11 heteroatoms. The quantitative estimate of drug-likeness (QED) is 0.412. The number of nitrogens with one attached hydrogen (secondary N) is 1. The van der Waals surface area contributed by atoms with Gasteiger partial charge in [-0.2, -0.15) is 0 Å². The normalized spacial score (nSPS) is 11.7. The van der Waals surface area contributed by atoms with Gasteiger partial charge in [-0.3, -0.25) is 10.1 Å². The van der Waals surface area contributed by atoms with E-state index < -0.39 is 21.0 Å². The van der Waals surface area contributed by atoms with Crippen LogP contribution in [0, 0.1) is 6.92 Å². The number of amides is 1. The molecule has 0 saturated heterocycles. The molecule has 33 heavy (non-hydrogen) atoms. The van der Waals surface area contributed by atoms with Gasteiger partial charge in [-0.15, -0.1) is 5.10 Å². The smallest absolute Gasteiger partial charge is 0.322 e. The summed E-state index contributed by atoms with van der Waals surface area (Å²) in [5, 5.41) is 14.1. The van der Waals surface area contributed by atoms with Crippen LogP contribution in [0.3, 0.4) is 0 Å². The van der Waals surface area contributed by atoms with Crippen LogP contribution in [-0.2, 0) is 9.84 Å². The van der Waals surface area contributed by atoms with Crippen molar-refractivity contribution >= 4 is 33.4 Å². The second-order valence-corrected chi connectivity index (χ2v) is 10.3. The van der Waals surface area contributed by atoms with Gasteiger partial charge in [0.2, 0.25) is 5.89 Å². The highest BCUT2D eigenvalue weighted by molar-refractivity contribution is 7.92. The Hall–Kier alpha value is -3.50. The summed E-state index contributed by atoms with van der Waals surface area (Å²) in [4.78, 5) is 13.1. The molecule has 2 aromatic heterocycles. The minimum Gasteiger partial charge on any atom is -0.403 e. The molecule has 0 aliphatic heterocycles. The molecule has 170 valence electrons. The average Bonchev–Trinajstić information content (AvgIpc) is 3.40. The standard InChI is InChI=1S/C22H19ClN4O5S/c1-12(2)33(29,30)15-8-6-7-14(11-15)21-25-26-22(31-21)24-20(28)18-13(3)32-27-19(18)16-9-4-5-10-17(16)23/h4-12H,1-3H3,(H,24,26,28). The fourth-order valence-corrected chi connectivity index (χ4v) is 4.43. The number of anilines is 1. The highest BCUT2D eigenvalue weighted by atomic mass is 35.5. The number of sulfone groups is 1. The van der Waals surface area contributed by atoms with Crippen molar-refractivity contribution in [1.29, 1.82) is 0 Å². The molecule has 0 aliphatic carbocycles. The molecular weight excluding hydrogens is 468 g/mol. The van der Waals surface area contributed by atoms with Gasteiger partial charge in [0.1, 0.15) is 17.0 Å². The third kappa shape index (κ3) is 4.39. The van der Waals surface area contributed by atoms with Crippen molar-refractivity contribution in [1.82, 2.24) is 15.4 Å². The summed E-state index contributed by atoms with van der Waals surface area (Å²) in [6.07, 6.45) is 0. The largest absolute Gasteiger partial charge is 0.403 e. The lowest BCUT2D eigenvalue weighted by Crippen LogP contribution is -2.14. The SMILES string of the molecule is Cc1onc(-c2ccccc2Cl)c1C(=O)Nc1nnc(-c2cccc(S(=O)(=O)C(C)C)c2)o1. The maximum Gasteiger partial charge on any atom is 0.322 e. The molecule has 1 N–H and O–H groups in total. The van der Waals surface area contributed by atoms with Gasteiger partial charge in [0.25, 0.3) is 5.91 Å². The van der Waals surface area contributed by atoms with Crippen molar-refractivity contribution in [3.63, 3.8) is 0 Å². The predicted octanol–water partition coefficient (Wildman–Crippen LogP) is 4.79. The summed E-state index contributed by atoms with van der Waals surface area (Å²) in [6.45, 7) is 4.81. The van der Waals surface area contributed by atoms with E-state index in [9.17, 15) is 13.2 Å². The first kappa shape index (κ1) is 22.7. The van der Waals surface area contributed by atoms with Crippen molar-refractivity contribution in [2.24, 2.45) is 0 Å². The van der Waals surface area contributed by atoms with Gasteiger partial charge in [0.05, 0.1) is 15.2 Å². The Bertz CT molecular complexity index is 1440. The van der Waals surface area contributed by atoms with Gasteiger partial charge in [0.15, 0.2) is 9.84 Å². The van der Waals surface area contributed by atoms with Crippen LogP contribution in [0.5, 0.6) is 0 Å². The van der Waals surface area contributed by atoms with Crippen molar-refractivity contribution in [3.8, 4) is 22.7 Å². The molecule has 0 unspecified atom stereocenters. The summed E-state index contributed by atoms with van der Waals surface area (Å²) >= 11 is 6.24. The van der Waals surface area contributed by atoms with E-state index in [2.05, 4.69) is 20.7 Å². The summed E-state index contributed by atoms with van der Waals surface area (Å²) in [5.41, 5.74) is 1.40. The first-order valence-corrected chi connectivity index (χ1v) is 11.8. The van der Waals surface area contributed by atoms with Crippen LogP contribution in [-0.4, -0.2) is 34.9 Å². The average molecular weight is 487 g/mol. The minimum atomic E-state index is -3.48. The van der Waals surface area contributed by atoms with Crippen molar-refractivity contribution in [2.75, 3.05) is 5.32 Å². The molecular formula is C22H19ClN4O5S. The third-order valence-electron chi connectivity index (χ3n) is 4.89. The Labute approximate surface area is 194 Å². The van der Waals surface area contributed by atoms with Crippen LogP contribution < -0.4 is 5.32 Å². The van der Waals surface area contributed by atoms with Crippen LogP contribution in [0.25, 0.3) is 22.7 Å². The molecule has 9 nitrogen and oxygen atoms in total. The van der Waals surface area contributed by atoms with E-state index in [1.807, 2.05) is 0 Å². The molecule has 0 radical (unpaired) electrons. The first-order chi connectivity index (χ1) is 15.7. The predicted molar refractivity (Wildman–Crippen MR) is 122 cm³/mol. The van der Waals surface area contributed by atoms with E-state index in [4.69, 9.17) is 20.5 Å². The number of rotatable bonds is 6. The van der Waals surface area contributed by atoms with Crippen LogP contribution in [0.2, 0.25) is 5.02 Å². The fourth-order valence-electron chi connectivity index (χ4n) is 3.10. The van der Waals surface area contributed by atoms with Crippen LogP contribution >= 0.6 is 11.6 Å². The Kier molecular flexibility index (Phi) is 6.05. The third-order valence-corrected chi connectivity index (χ3v) is 7.38. The lowest BCUT2D eigenvalue weighted by molar-refractivity contribution is 0.102. The van der Waals surface area contributed by atoms with Gasteiger partial charge >= 0.3 is 6.01 Å². The first-order valence-electron chi connectivity index (χ1n) is 9.89. The highest BCUT2D eigenvalue weighted by Gasteiger charge is 2.25. The number of nitrogens with zero attached hydrogens (tertiary/aromatic N) is 3. The highest BCUT2D eigenvalue weighted by Crippen LogP contribution is 2.32. The van der Waals surface area contributed by atoms with E-state index >= 15 is 0 Å². The Morgan fingerprint density at radius 3 is 2.58 bits per heavy atom. The summed E-state index contributed by atoms with van der Waals surface area (Å²) < 4.78 is 35.7. The van der Waals surface area contributed by atoms with E-state index in [1.165, 1.54) is 12.1 Å². The summed E-state index contributed by atoms with van der Waals surface area (Å²) in [7, 11) is -3.48. The molecule has 0 saturated carbocycles. The number of aryl methyl sites for hydroxylation is 1. The number of halogens is 1. The molecule has 0 aliphatic rings. The van der Waals surface area contributed by atoms with E-state index in [1.54, 1.807) is 57.2 Å². The van der Waals surface area contributed by atoms with E-state index in [-0.39, 0.29) is 33.8 Å². The molecule has 0 fully saturated rings. The number of carbonyl (C=O) groups excluding carboxylic acids is 1. The van der Waals surface area contributed by atoms with E-state index in [0.29, 0.717) is 16.1 Å². The number of aromatic nitrogens is 3. The fraction of sp³-hybridized carbons (Fsp3) is 0.182. The number of carbonyl (C=O) groups is 1. The van der Waals surface area contributed by atoms with Gasteiger partial charge < -0.3 is 8.94 Å². The molecule has 1 amide bonds. The second kappa shape index (κ2) is 8.80. The maximum atomic E-state index is 12.9. The molecule has 2 aromatic carbocycles.